The van der Waals surface area contributed by atoms with Gasteiger partial charge in [-0.1, -0.05) is 33.1 Å². The van der Waals surface area contributed by atoms with Crippen LogP contribution < -0.4 is 0 Å². The van der Waals surface area contributed by atoms with Gasteiger partial charge in [-0.15, -0.1) is 0 Å². The summed E-state index contributed by atoms with van der Waals surface area (Å²) in [4.78, 5) is 0. The number of allylic oxidation sites excluding steroid dienone is 1. The fourth-order valence-corrected chi connectivity index (χ4v) is 0.964. The zero-order valence-corrected chi connectivity index (χ0v) is 8.38. The minimum absolute atomic E-state index is 0.972. The Labute approximate surface area is 76.8 Å². The van der Waals surface area contributed by atoms with Gasteiger partial charge in [-0.25, -0.2) is 0 Å². The van der Waals surface area contributed by atoms with E-state index in [1.54, 1.807) is 6.26 Å². The maximum atomic E-state index is 5.08. The molecular formula is C11H21O. The standard InChI is InChI=1S/C11H21O/c1-3-5-6-7-8-9-11-12-10-4-2/h9-11H,3-8H2,1-2H3/b11-9+. The van der Waals surface area contributed by atoms with E-state index in [9.17, 15) is 0 Å². The van der Waals surface area contributed by atoms with Crippen molar-refractivity contribution in [1.29, 1.82) is 0 Å². The van der Waals surface area contributed by atoms with Crippen molar-refractivity contribution in [3.63, 3.8) is 0 Å². The van der Waals surface area contributed by atoms with E-state index < -0.39 is 0 Å². The fourth-order valence-electron chi connectivity index (χ4n) is 0.964. The lowest BCUT2D eigenvalue weighted by atomic mass is 10.1. The zero-order chi connectivity index (χ0) is 9.07. The highest BCUT2D eigenvalue weighted by Gasteiger charge is 1.84. The zero-order valence-electron chi connectivity index (χ0n) is 8.38. The smallest absolute Gasteiger partial charge is 0.134 e. The predicted molar refractivity (Wildman–Crippen MR) is 53.6 cm³/mol. The molecule has 0 unspecified atom stereocenters. The molecule has 1 nitrogen and oxygen atoms in total. The summed E-state index contributed by atoms with van der Waals surface area (Å²) in [5.74, 6) is 0. The number of unbranched alkanes of at least 4 members (excludes halogenated alkanes) is 4. The molecule has 0 atom stereocenters. The second-order valence-electron chi connectivity index (χ2n) is 2.93. The van der Waals surface area contributed by atoms with Crippen molar-refractivity contribution in [2.45, 2.75) is 52.4 Å². The van der Waals surface area contributed by atoms with Gasteiger partial charge in [0, 0.05) is 0 Å². The average Bonchev–Trinajstić information content (AvgIpc) is 2.10. The molecule has 0 aromatic heterocycles. The molecule has 0 aromatic rings. The SMILES string of the molecule is CC[CH]O/C=C/CCCCCC. The van der Waals surface area contributed by atoms with Gasteiger partial charge in [-0.05, 0) is 25.3 Å². The molecular weight excluding hydrogens is 148 g/mol. The number of hydrogen-bond donors (Lipinski definition) is 0. The third-order valence-corrected chi connectivity index (χ3v) is 1.66. The molecule has 0 aliphatic carbocycles. The summed E-state index contributed by atoms with van der Waals surface area (Å²) < 4.78 is 5.08. The Hall–Kier alpha value is -0.460. The normalized spacial score (nSPS) is 10.8. The maximum absolute atomic E-state index is 5.08. The van der Waals surface area contributed by atoms with Crippen LogP contribution >= 0.6 is 0 Å². The molecule has 1 heteroatoms. The van der Waals surface area contributed by atoms with E-state index >= 15 is 0 Å². The molecule has 0 bridgehead atoms. The van der Waals surface area contributed by atoms with Crippen molar-refractivity contribution in [2.75, 3.05) is 0 Å². The van der Waals surface area contributed by atoms with Gasteiger partial charge in [0.1, 0.15) is 6.61 Å². The molecule has 0 heterocycles. The first-order valence-electron chi connectivity index (χ1n) is 5.04. The van der Waals surface area contributed by atoms with Crippen molar-refractivity contribution in [1.82, 2.24) is 0 Å². The highest BCUT2D eigenvalue weighted by Crippen LogP contribution is 2.03. The van der Waals surface area contributed by atoms with Gasteiger partial charge in [0.25, 0.3) is 0 Å². The summed E-state index contributed by atoms with van der Waals surface area (Å²) in [6, 6.07) is 0. The Morgan fingerprint density at radius 1 is 1.08 bits per heavy atom. The first-order chi connectivity index (χ1) is 5.91. The lowest BCUT2D eigenvalue weighted by Crippen LogP contribution is -1.76. The van der Waals surface area contributed by atoms with Crippen molar-refractivity contribution >= 4 is 0 Å². The Bertz CT molecular complexity index is 97.2. The molecule has 0 fully saturated rings. The largest absolute Gasteiger partial charge is 0.495 e. The number of hydrogen-bond acceptors (Lipinski definition) is 1. The van der Waals surface area contributed by atoms with Crippen LogP contribution in [0, 0.1) is 6.61 Å². The van der Waals surface area contributed by atoms with E-state index in [0.717, 1.165) is 12.8 Å². The van der Waals surface area contributed by atoms with Gasteiger partial charge in [0.2, 0.25) is 0 Å². The Balaban J connectivity index is 2.92. The number of rotatable bonds is 8. The van der Waals surface area contributed by atoms with Crippen LogP contribution in [0.15, 0.2) is 12.3 Å². The predicted octanol–water partition coefficient (Wildman–Crippen LogP) is 4.06. The molecule has 1 radical (unpaired) electrons. The van der Waals surface area contributed by atoms with Crippen LogP contribution in [-0.4, -0.2) is 0 Å². The third-order valence-electron chi connectivity index (χ3n) is 1.66. The maximum Gasteiger partial charge on any atom is 0.134 e. The summed E-state index contributed by atoms with van der Waals surface area (Å²) in [7, 11) is 0. The molecule has 0 spiro atoms. The average molecular weight is 169 g/mol. The van der Waals surface area contributed by atoms with Gasteiger partial charge in [-0.3, -0.25) is 0 Å². The summed E-state index contributed by atoms with van der Waals surface area (Å²) in [6.45, 7) is 6.10. The molecule has 0 aromatic carbocycles. The van der Waals surface area contributed by atoms with Gasteiger partial charge in [-0.2, -0.15) is 0 Å². The second-order valence-corrected chi connectivity index (χ2v) is 2.93. The van der Waals surface area contributed by atoms with Gasteiger partial charge < -0.3 is 4.74 Å². The summed E-state index contributed by atoms with van der Waals surface area (Å²) in [6.07, 6.45) is 11.3. The quantitative estimate of drug-likeness (QED) is 0.393. The molecule has 12 heavy (non-hydrogen) atoms. The monoisotopic (exact) mass is 169 g/mol. The molecule has 0 amide bonds. The minimum atomic E-state index is 0.972. The van der Waals surface area contributed by atoms with Crippen molar-refractivity contribution < 1.29 is 4.74 Å². The van der Waals surface area contributed by atoms with Crippen molar-refractivity contribution in [2.24, 2.45) is 0 Å². The first kappa shape index (κ1) is 11.5. The molecule has 0 N–H and O–H groups in total. The van der Waals surface area contributed by atoms with Crippen LogP contribution in [0.2, 0.25) is 0 Å². The summed E-state index contributed by atoms with van der Waals surface area (Å²) >= 11 is 0. The second kappa shape index (κ2) is 10.5. The van der Waals surface area contributed by atoms with Gasteiger partial charge in [0.05, 0.1) is 6.26 Å². The summed E-state index contributed by atoms with van der Waals surface area (Å²) in [5, 5.41) is 0. The van der Waals surface area contributed by atoms with Crippen LogP contribution in [0.25, 0.3) is 0 Å². The van der Waals surface area contributed by atoms with Crippen LogP contribution in [0.5, 0.6) is 0 Å². The van der Waals surface area contributed by atoms with Crippen LogP contribution in [0.1, 0.15) is 52.4 Å². The van der Waals surface area contributed by atoms with Crippen molar-refractivity contribution in [3.8, 4) is 0 Å². The Morgan fingerprint density at radius 2 is 1.92 bits per heavy atom. The van der Waals surface area contributed by atoms with Crippen LogP contribution in [-0.2, 0) is 4.74 Å². The van der Waals surface area contributed by atoms with Gasteiger partial charge in [0.15, 0.2) is 0 Å². The van der Waals surface area contributed by atoms with E-state index in [1.807, 2.05) is 6.61 Å². The Kier molecular flexibility index (Phi) is 10.1. The number of ether oxygens (including phenoxy) is 1. The highest BCUT2D eigenvalue weighted by molar-refractivity contribution is 4.74. The topological polar surface area (TPSA) is 9.23 Å². The third kappa shape index (κ3) is 9.54. The first-order valence-corrected chi connectivity index (χ1v) is 5.04. The summed E-state index contributed by atoms with van der Waals surface area (Å²) in [5.41, 5.74) is 0. The molecule has 0 saturated carbocycles. The Morgan fingerprint density at radius 3 is 2.58 bits per heavy atom. The molecule has 0 rings (SSSR count). The molecule has 0 aliphatic rings. The van der Waals surface area contributed by atoms with E-state index in [0.29, 0.717) is 0 Å². The molecule has 0 aliphatic heterocycles. The van der Waals surface area contributed by atoms with Gasteiger partial charge >= 0.3 is 0 Å². The minimum Gasteiger partial charge on any atom is -0.495 e. The van der Waals surface area contributed by atoms with E-state index in [1.165, 1.54) is 25.7 Å². The van der Waals surface area contributed by atoms with E-state index in [4.69, 9.17) is 4.74 Å². The highest BCUT2D eigenvalue weighted by atomic mass is 16.5. The van der Waals surface area contributed by atoms with E-state index in [-0.39, 0.29) is 0 Å². The van der Waals surface area contributed by atoms with Crippen LogP contribution in [0.4, 0.5) is 0 Å². The van der Waals surface area contributed by atoms with E-state index in [2.05, 4.69) is 19.9 Å². The van der Waals surface area contributed by atoms with Crippen molar-refractivity contribution in [3.05, 3.63) is 18.9 Å². The molecule has 71 valence electrons. The molecule has 0 saturated heterocycles. The van der Waals surface area contributed by atoms with Crippen LogP contribution in [0.3, 0.4) is 0 Å². The lowest BCUT2D eigenvalue weighted by molar-refractivity contribution is 0.324. The fraction of sp³-hybridized carbons (Fsp3) is 0.727. The lowest BCUT2D eigenvalue weighted by Gasteiger charge is -1.95.